The van der Waals surface area contributed by atoms with Gasteiger partial charge in [0.2, 0.25) is 0 Å². The van der Waals surface area contributed by atoms with Crippen molar-refractivity contribution in [3.63, 3.8) is 0 Å². The fourth-order valence-corrected chi connectivity index (χ4v) is 7.16. The predicted octanol–water partition coefficient (Wildman–Crippen LogP) is 3.26. The summed E-state index contributed by atoms with van der Waals surface area (Å²) in [7, 11) is 0. The normalized spacial score (nSPS) is 51.5. The Morgan fingerprint density at radius 1 is 1.25 bits per heavy atom. The van der Waals surface area contributed by atoms with E-state index in [0.29, 0.717) is 17.8 Å². The molecular formula is C21H30O3. The second kappa shape index (κ2) is 5.28. The standard InChI is InChI=1S/C21H30O3/c1-12(22)16-6-7-17-15-5-4-13-10-14(23)8-9-20(13,2)19(15)18(24)11-21(16,17)3/h8-10,12,15-19,22,24H,4-7,11H2,1-3H3/t12?,15-,16+,17-,18-,19+,20-,21+/m0/s1. The highest BCUT2D eigenvalue weighted by Crippen LogP contribution is 2.66. The summed E-state index contributed by atoms with van der Waals surface area (Å²) in [5.74, 6) is 1.66. The van der Waals surface area contributed by atoms with Gasteiger partial charge in [-0.05, 0) is 74.3 Å². The summed E-state index contributed by atoms with van der Waals surface area (Å²) >= 11 is 0. The smallest absolute Gasteiger partial charge is 0.178 e. The zero-order valence-corrected chi connectivity index (χ0v) is 15.0. The van der Waals surface area contributed by atoms with E-state index in [1.165, 1.54) is 5.57 Å². The maximum Gasteiger partial charge on any atom is 0.178 e. The second-order valence-electron chi connectivity index (χ2n) is 9.22. The molecule has 4 aliphatic rings. The zero-order valence-electron chi connectivity index (χ0n) is 15.0. The molecule has 3 heteroatoms. The molecule has 132 valence electrons. The van der Waals surface area contributed by atoms with Gasteiger partial charge in [-0.1, -0.05) is 25.5 Å². The van der Waals surface area contributed by atoms with Gasteiger partial charge in [-0.15, -0.1) is 0 Å². The molecule has 8 atom stereocenters. The number of ketones is 1. The number of fused-ring (bicyclic) bond motifs is 5. The molecule has 2 N–H and O–H groups in total. The SMILES string of the molecule is CC(O)[C@H]1CC[C@H]2[C@@H]3CCC4=CC(=O)C=C[C@]4(C)[C@H]3[C@@H](O)C[C@]12C. The fourth-order valence-electron chi connectivity index (χ4n) is 7.16. The van der Waals surface area contributed by atoms with Gasteiger partial charge in [0.1, 0.15) is 0 Å². The van der Waals surface area contributed by atoms with E-state index in [-0.39, 0.29) is 34.7 Å². The summed E-state index contributed by atoms with van der Waals surface area (Å²) in [6.45, 7) is 6.43. The van der Waals surface area contributed by atoms with Crippen molar-refractivity contribution >= 4 is 5.78 Å². The van der Waals surface area contributed by atoms with Gasteiger partial charge in [0, 0.05) is 11.3 Å². The largest absolute Gasteiger partial charge is 0.393 e. The number of rotatable bonds is 1. The molecule has 0 amide bonds. The van der Waals surface area contributed by atoms with Crippen molar-refractivity contribution in [2.75, 3.05) is 0 Å². The average Bonchev–Trinajstić information content (AvgIpc) is 2.84. The maximum atomic E-state index is 11.8. The minimum atomic E-state index is -0.359. The van der Waals surface area contributed by atoms with Gasteiger partial charge in [0.15, 0.2) is 5.78 Å². The summed E-state index contributed by atoms with van der Waals surface area (Å²) in [5, 5.41) is 21.4. The van der Waals surface area contributed by atoms with E-state index < -0.39 is 0 Å². The highest BCUT2D eigenvalue weighted by Gasteiger charge is 2.61. The number of aliphatic hydroxyl groups excluding tert-OH is 2. The van der Waals surface area contributed by atoms with Gasteiger partial charge in [0.25, 0.3) is 0 Å². The Kier molecular flexibility index (Phi) is 3.64. The molecule has 3 saturated carbocycles. The van der Waals surface area contributed by atoms with Crippen LogP contribution in [0.4, 0.5) is 0 Å². The quantitative estimate of drug-likeness (QED) is 0.776. The van der Waals surface area contributed by atoms with Crippen LogP contribution in [-0.2, 0) is 4.79 Å². The first-order chi connectivity index (χ1) is 11.3. The molecule has 0 bridgehead atoms. The summed E-state index contributed by atoms with van der Waals surface area (Å²) in [6, 6.07) is 0. The van der Waals surface area contributed by atoms with Crippen LogP contribution in [0.5, 0.6) is 0 Å². The summed E-state index contributed by atoms with van der Waals surface area (Å²) in [6.07, 6.45) is 9.95. The first-order valence-corrected chi connectivity index (χ1v) is 9.58. The van der Waals surface area contributed by atoms with E-state index >= 15 is 0 Å². The fraction of sp³-hybridized carbons (Fsp3) is 0.762. The molecule has 0 aromatic carbocycles. The van der Waals surface area contributed by atoms with Gasteiger partial charge in [-0.2, -0.15) is 0 Å². The third kappa shape index (κ3) is 2.07. The number of carbonyl (C=O) groups excluding carboxylic acids is 1. The van der Waals surface area contributed by atoms with Gasteiger partial charge < -0.3 is 10.2 Å². The molecule has 0 saturated heterocycles. The topological polar surface area (TPSA) is 57.5 Å². The van der Waals surface area contributed by atoms with E-state index in [0.717, 1.165) is 32.1 Å². The Morgan fingerprint density at radius 2 is 2.00 bits per heavy atom. The Hall–Kier alpha value is -0.930. The molecule has 0 radical (unpaired) electrons. The van der Waals surface area contributed by atoms with Crippen molar-refractivity contribution < 1.29 is 15.0 Å². The van der Waals surface area contributed by atoms with Gasteiger partial charge in [-0.25, -0.2) is 0 Å². The highest BCUT2D eigenvalue weighted by atomic mass is 16.3. The van der Waals surface area contributed by atoms with Crippen molar-refractivity contribution in [3.05, 3.63) is 23.8 Å². The Labute approximate surface area is 144 Å². The predicted molar refractivity (Wildman–Crippen MR) is 93.2 cm³/mol. The van der Waals surface area contributed by atoms with Crippen LogP contribution in [-0.4, -0.2) is 28.2 Å². The van der Waals surface area contributed by atoms with Gasteiger partial charge in [-0.3, -0.25) is 4.79 Å². The van der Waals surface area contributed by atoms with Crippen LogP contribution in [0.25, 0.3) is 0 Å². The minimum Gasteiger partial charge on any atom is -0.393 e. The van der Waals surface area contributed by atoms with Crippen molar-refractivity contribution in [2.45, 2.75) is 65.1 Å². The lowest BCUT2D eigenvalue weighted by atomic mass is 9.46. The van der Waals surface area contributed by atoms with Crippen LogP contribution in [0, 0.1) is 34.5 Å². The van der Waals surface area contributed by atoms with Crippen LogP contribution >= 0.6 is 0 Å². The van der Waals surface area contributed by atoms with Crippen LogP contribution in [0.2, 0.25) is 0 Å². The van der Waals surface area contributed by atoms with E-state index in [4.69, 9.17) is 0 Å². The molecule has 3 nitrogen and oxygen atoms in total. The van der Waals surface area contributed by atoms with Crippen LogP contribution in [0.3, 0.4) is 0 Å². The molecule has 0 heterocycles. The Bertz CT molecular complexity index is 619. The number of carbonyl (C=O) groups is 1. The highest BCUT2D eigenvalue weighted by molar-refractivity contribution is 6.01. The maximum absolute atomic E-state index is 11.8. The van der Waals surface area contributed by atoms with E-state index in [1.807, 2.05) is 13.0 Å². The van der Waals surface area contributed by atoms with E-state index in [2.05, 4.69) is 19.9 Å². The molecule has 24 heavy (non-hydrogen) atoms. The molecule has 4 aliphatic carbocycles. The van der Waals surface area contributed by atoms with Crippen LogP contribution in [0.1, 0.15) is 52.9 Å². The summed E-state index contributed by atoms with van der Waals surface area (Å²) in [5.41, 5.74) is 1.07. The molecule has 0 aliphatic heterocycles. The summed E-state index contributed by atoms with van der Waals surface area (Å²) < 4.78 is 0. The van der Waals surface area contributed by atoms with E-state index in [9.17, 15) is 15.0 Å². The number of hydrogen-bond donors (Lipinski definition) is 2. The average molecular weight is 330 g/mol. The second-order valence-corrected chi connectivity index (χ2v) is 9.22. The lowest BCUT2D eigenvalue weighted by Gasteiger charge is -2.59. The number of aliphatic hydroxyl groups is 2. The number of allylic oxidation sites excluding steroid dienone is 4. The monoisotopic (exact) mass is 330 g/mol. The van der Waals surface area contributed by atoms with Crippen LogP contribution < -0.4 is 0 Å². The van der Waals surface area contributed by atoms with Crippen molar-refractivity contribution in [1.82, 2.24) is 0 Å². The summed E-state index contributed by atoms with van der Waals surface area (Å²) in [4.78, 5) is 11.8. The Morgan fingerprint density at radius 3 is 2.71 bits per heavy atom. The molecule has 0 spiro atoms. The molecule has 3 fully saturated rings. The zero-order chi connectivity index (χ0) is 17.3. The lowest BCUT2D eigenvalue weighted by Crippen LogP contribution is -2.56. The molecule has 0 aromatic rings. The first kappa shape index (κ1) is 16.5. The van der Waals surface area contributed by atoms with Crippen LogP contribution in [0.15, 0.2) is 23.8 Å². The van der Waals surface area contributed by atoms with Gasteiger partial charge in [0.05, 0.1) is 12.2 Å². The first-order valence-electron chi connectivity index (χ1n) is 9.58. The third-order valence-electron chi connectivity index (χ3n) is 8.15. The minimum absolute atomic E-state index is 0.0422. The molecule has 4 rings (SSSR count). The van der Waals surface area contributed by atoms with Gasteiger partial charge >= 0.3 is 0 Å². The van der Waals surface area contributed by atoms with Crippen molar-refractivity contribution in [1.29, 1.82) is 0 Å². The number of hydrogen-bond acceptors (Lipinski definition) is 3. The molecular weight excluding hydrogens is 300 g/mol. The van der Waals surface area contributed by atoms with Crippen molar-refractivity contribution in [3.8, 4) is 0 Å². The van der Waals surface area contributed by atoms with E-state index in [1.54, 1.807) is 6.08 Å². The van der Waals surface area contributed by atoms with Crippen molar-refractivity contribution in [2.24, 2.45) is 34.5 Å². The lowest BCUT2D eigenvalue weighted by molar-refractivity contribution is -0.127. The third-order valence-corrected chi connectivity index (χ3v) is 8.15. The molecule has 1 unspecified atom stereocenters. The Balaban J connectivity index is 1.72. The molecule has 0 aromatic heterocycles.